The lowest BCUT2D eigenvalue weighted by Gasteiger charge is -2.32. The summed E-state index contributed by atoms with van der Waals surface area (Å²) in [5, 5.41) is 4.19. The summed E-state index contributed by atoms with van der Waals surface area (Å²) in [5.41, 5.74) is 0.986. The highest BCUT2D eigenvalue weighted by Gasteiger charge is 2.45. The second-order valence-electron chi connectivity index (χ2n) is 10.8. The summed E-state index contributed by atoms with van der Waals surface area (Å²) in [6, 6.07) is 14.9. The summed E-state index contributed by atoms with van der Waals surface area (Å²) >= 11 is 6.21. The van der Waals surface area contributed by atoms with Crippen molar-refractivity contribution in [3.63, 3.8) is 0 Å². The lowest BCUT2D eigenvalue weighted by molar-refractivity contribution is -0.143. The molecular formula is C30H38ClN5O6. The molecule has 2 heterocycles. The molecule has 2 aromatic rings. The molecule has 1 saturated heterocycles. The molecule has 0 aliphatic carbocycles. The van der Waals surface area contributed by atoms with Crippen molar-refractivity contribution in [2.24, 2.45) is 10.8 Å². The summed E-state index contributed by atoms with van der Waals surface area (Å²) in [6.07, 6.45) is 1.11. The van der Waals surface area contributed by atoms with Crippen molar-refractivity contribution in [2.75, 3.05) is 26.8 Å². The lowest BCUT2D eigenvalue weighted by atomic mass is 9.93. The Balaban J connectivity index is 1.55. The van der Waals surface area contributed by atoms with Gasteiger partial charge in [-0.25, -0.2) is 15.6 Å². The van der Waals surface area contributed by atoms with Crippen LogP contribution >= 0.6 is 11.6 Å². The van der Waals surface area contributed by atoms with E-state index in [1.807, 2.05) is 48.5 Å². The molecule has 3 N–H and O–H groups in total. The fourth-order valence-electron chi connectivity index (χ4n) is 5.13. The van der Waals surface area contributed by atoms with E-state index < -0.39 is 35.7 Å². The van der Waals surface area contributed by atoms with Crippen LogP contribution in [0.1, 0.15) is 37.8 Å². The quantitative estimate of drug-likeness (QED) is 0.175. The number of hydrogen-bond acceptors (Lipinski definition) is 8. The number of hydrogen-bond donors (Lipinski definition) is 2. The minimum absolute atomic E-state index is 0.0187. The molecule has 12 heteroatoms. The Morgan fingerprint density at radius 1 is 1.21 bits per heavy atom. The van der Waals surface area contributed by atoms with E-state index in [1.54, 1.807) is 17.9 Å². The zero-order valence-electron chi connectivity index (χ0n) is 24.1. The van der Waals surface area contributed by atoms with Crippen LogP contribution in [-0.4, -0.2) is 84.2 Å². The SMILES string of the molecule is CC(=O)OC[C@@]1(Cc2cccc(Cl)c2)COC(C2CCCN2C(=O)C(NC(=O)N(C)N)C(C)OCc2ccccc2)=N1. The Hall–Kier alpha value is -3.67. The normalized spacial score (nSPS) is 21.2. The fourth-order valence-corrected chi connectivity index (χ4v) is 5.35. The van der Waals surface area contributed by atoms with Crippen molar-refractivity contribution in [1.82, 2.24) is 15.2 Å². The zero-order valence-corrected chi connectivity index (χ0v) is 24.9. The zero-order chi connectivity index (χ0) is 30.3. The Morgan fingerprint density at radius 3 is 2.64 bits per heavy atom. The van der Waals surface area contributed by atoms with E-state index in [1.165, 1.54) is 14.0 Å². The number of nitrogens with one attached hydrogen (secondary N) is 1. The number of rotatable bonds is 11. The highest BCUT2D eigenvalue weighted by atomic mass is 35.5. The summed E-state index contributed by atoms with van der Waals surface area (Å²) in [5.74, 6) is 5.30. The average molecular weight is 600 g/mol. The Morgan fingerprint density at radius 2 is 1.95 bits per heavy atom. The highest BCUT2D eigenvalue weighted by Crippen LogP contribution is 2.31. The second kappa shape index (κ2) is 14.0. The van der Waals surface area contributed by atoms with E-state index >= 15 is 0 Å². The van der Waals surface area contributed by atoms with Gasteiger partial charge in [0.05, 0.1) is 12.7 Å². The van der Waals surface area contributed by atoms with Crippen LogP contribution in [0.3, 0.4) is 0 Å². The maximum atomic E-state index is 14.0. The van der Waals surface area contributed by atoms with Gasteiger partial charge in [-0.1, -0.05) is 54.1 Å². The molecule has 0 saturated carbocycles. The van der Waals surface area contributed by atoms with Crippen LogP contribution in [0.5, 0.6) is 0 Å². The summed E-state index contributed by atoms with van der Waals surface area (Å²) in [7, 11) is 1.40. The van der Waals surface area contributed by atoms with Gasteiger partial charge in [0.25, 0.3) is 0 Å². The van der Waals surface area contributed by atoms with E-state index in [2.05, 4.69) is 5.32 Å². The monoisotopic (exact) mass is 599 g/mol. The Kier molecular flexibility index (Phi) is 10.4. The molecule has 2 aliphatic rings. The van der Waals surface area contributed by atoms with Gasteiger partial charge in [0.15, 0.2) is 0 Å². The van der Waals surface area contributed by atoms with Gasteiger partial charge in [0, 0.05) is 32.0 Å². The molecule has 11 nitrogen and oxygen atoms in total. The topological polar surface area (TPSA) is 136 Å². The summed E-state index contributed by atoms with van der Waals surface area (Å²) < 4.78 is 17.5. The summed E-state index contributed by atoms with van der Waals surface area (Å²) in [6.45, 7) is 4.00. The van der Waals surface area contributed by atoms with Crippen LogP contribution in [0.2, 0.25) is 5.02 Å². The van der Waals surface area contributed by atoms with Gasteiger partial charge in [-0.2, -0.15) is 0 Å². The van der Waals surface area contributed by atoms with Gasteiger partial charge in [0.1, 0.15) is 30.8 Å². The molecule has 0 radical (unpaired) electrons. The summed E-state index contributed by atoms with van der Waals surface area (Å²) in [4.78, 5) is 44.9. The molecule has 2 aromatic carbocycles. The number of hydrazine groups is 1. The van der Waals surface area contributed by atoms with Gasteiger partial charge in [-0.05, 0) is 43.0 Å². The Bertz CT molecular complexity index is 1290. The standard InChI is InChI=1S/C30H38ClN5O6/c1-20(40-17-22-9-5-4-6-10-22)26(33-29(39)35(3)32)28(38)36-14-8-13-25(36)27-34-30(19-42-27,18-41-21(2)37)16-23-11-7-12-24(31)15-23/h4-7,9-12,15,20,25-26H,8,13-14,16-19,32H2,1-3H3,(H,33,39)/t20?,25?,26?,30-/m0/s1. The molecular weight excluding hydrogens is 562 g/mol. The number of esters is 1. The van der Waals surface area contributed by atoms with E-state index in [4.69, 9.17) is 36.6 Å². The van der Waals surface area contributed by atoms with Gasteiger partial charge in [-0.3, -0.25) is 14.6 Å². The number of halogens is 1. The van der Waals surface area contributed by atoms with Crippen LogP contribution in [0.4, 0.5) is 4.79 Å². The van der Waals surface area contributed by atoms with Gasteiger partial charge in [0.2, 0.25) is 11.8 Å². The van der Waals surface area contributed by atoms with Crippen LogP contribution in [-0.2, 0) is 36.8 Å². The molecule has 226 valence electrons. The average Bonchev–Trinajstić information content (AvgIpc) is 3.61. The number of benzene rings is 2. The first kappa shape index (κ1) is 31.3. The van der Waals surface area contributed by atoms with Gasteiger partial charge >= 0.3 is 12.0 Å². The number of amides is 3. The van der Waals surface area contributed by atoms with E-state index in [9.17, 15) is 14.4 Å². The molecule has 4 rings (SSSR count). The van der Waals surface area contributed by atoms with Gasteiger partial charge in [-0.15, -0.1) is 0 Å². The number of aliphatic imine (C=N–C) groups is 1. The van der Waals surface area contributed by atoms with Crippen molar-refractivity contribution in [2.45, 2.75) is 63.4 Å². The first-order valence-corrected chi connectivity index (χ1v) is 14.3. The minimum atomic E-state index is -1.01. The van der Waals surface area contributed by atoms with Crippen molar-refractivity contribution < 1.29 is 28.6 Å². The molecule has 0 bridgehead atoms. The maximum absolute atomic E-state index is 14.0. The number of carbonyl (C=O) groups excluding carboxylic acids is 3. The van der Waals surface area contributed by atoms with Crippen LogP contribution in [0, 0.1) is 0 Å². The molecule has 1 fully saturated rings. The van der Waals surface area contributed by atoms with Gasteiger partial charge < -0.3 is 24.4 Å². The van der Waals surface area contributed by atoms with Crippen LogP contribution in [0.15, 0.2) is 59.6 Å². The predicted octanol–water partition coefficient (Wildman–Crippen LogP) is 3.09. The molecule has 3 unspecified atom stereocenters. The number of carbonyl (C=O) groups is 3. The smallest absolute Gasteiger partial charge is 0.332 e. The van der Waals surface area contributed by atoms with Crippen molar-refractivity contribution in [3.8, 4) is 0 Å². The minimum Gasteiger partial charge on any atom is -0.477 e. The largest absolute Gasteiger partial charge is 0.477 e. The third-order valence-corrected chi connectivity index (χ3v) is 7.55. The second-order valence-corrected chi connectivity index (χ2v) is 11.2. The molecule has 0 spiro atoms. The molecule has 4 atom stereocenters. The van der Waals surface area contributed by atoms with Crippen molar-refractivity contribution in [1.29, 1.82) is 0 Å². The highest BCUT2D eigenvalue weighted by molar-refractivity contribution is 6.30. The van der Waals surface area contributed by atoms with E-state index in [0.29, 0.717) is 30.3 Å². The molecule has 3 amide bonds. The number of ether oxygens (including phenoxy) is 3. The van der Waals surface area contributed by atoms with Crippen molar-refractivity contribution in [3.05, 3.63) is 70.7 Å². The lowest BCUT2D eigenvalue weighted by Crippen LogP contribution is -2.58. The molecule has 42 heavy (non-hydrogen) atoms. The van der Waals surface area contributed by atoms with Crippen LogP contribution < -0.4 is 11.2 Å². The number of likely N-dealkylation sites (tertiary alicyclic amines) is 1. The van der Waals surface area contributed by atoms with Crippen molar-refractivity contribution >= 4 is 35.4 Å². The Labute approximate surface area is 250 Å². The van der Waals surface area contributed by atoms with E-state index in [0.717, 1.165) is 22.6 Å². The first-order chi connectivity index (χ1) is 20.1. The first-order valence-electron chi connectivity index (χ1n) is 13.9. The molecule has 2 aliphatic heterocycles. The predicted molar refractivity (Wildman–Crippen MR) is 158 cm³/mol. The number of nitrogens with two attached hydrogens (primary N) is 1. The number of urea groups is 1. The van der Waals surface area contributed by atoms with E-state index in [-0.39, 0.29) is 25.7 Å². The third-order valence-electron chi connectivity index (χ3n) is 7.31. The van der Waals surface area contributed by atoms with Crippen LogP contribution in [0.25, 0.3) is 0 Å². The fraction of sp³-hybridized carbons (Fsp3) is 0.467. The number of nitrogens with zero attached hydrogens (tertiary/aromatic N) is 3. The molecule has 0 aromatic heterocycles. The maximum Gasteiger partial charge on any atom is 0.332 e. The third kappa shape index (κ3) is 7.99.